The first-order valence-electron chi connectivity index (χ1n) is 11.6. The molecule has 0 spiro atoms. The fourth-order valence-corrected chi connectivity index (χ4v) is 7.56. The molecule has 0 aromatic heterocycles. The van der Waals surface area contributed by atoms with Crippen molar-refractivity contribution in [3.63, 3.8) is 0 Å². The number of carbonyl (C=O) groups excluding carboxylic acids is 1. The molecule has 0 bridgehead atoms. The van der Waals surface area contributed by atoms with Crippen LogP contribution in [0.1, 0.15) is 75.6 Å². The maximum atomic E-state index is 12.7. The molecule has 3 heteroatoms. The van der Waals surface area contributed by atoms with Crippen molar-refractivity contribution in [3.8, 4) is 0 Å². The molecule has 3 fully saturated rings. The summed E-state index contributed by atoms with van der Waals surface area (Å²) in [6.07, 6.45) is 11.0. The first kappa shape index (κ1) is 19.4. The van der Waals surface area contributed by atoms with Crippen LogP contribution >= 0.6 is 0 Å². The zero-order valence-corrected chi connectivity index (χ0v) is 17.8. The van der Waals surface area contributed by atoms with Crippen LogP contribution in [0.3, 0.4) is 0 Å². The van der Waals surface area contributed by atoms with Crippen LogP contribution in [0.5, 0.6) is 0 Å². The van der Waals surface area contributed by atoms with E-state index in [-0.39, 0.29) is 29.0 Å². The molecule has 0 saturated heterocycles. The van der Waals surface area contributed by atoms with Crippen molar-refractivity contribution in [1.82, 2.24) is 0 Å². The predicted octanol–water partition coefficient (Wildman–Crippen LogP) is 5.54. The van der Waals surface area contributed by atoms with Gasteiger partial charge in [0.2, 0.25) is 0 Å². The van der Waals surface area contributed by atoms with Crippen LogP contribution in [0.25, 0.3) is 0 Å². The molecule has 0 unspecified atom stereocenters. The molecule has 29 heavy (non-hydrogen) atoms. The van der Waals surface area contributed by atoms with Crippen molar-refractivity contribution in [1.29, 1.82) is 0 Å². The van der Waals surface area contributed by atoms with E-state index in [4.69, 9.17) is 4.74 Å². The molecule has 1 N–H and O–H groups in total. The van der Waals surface area contributed by atoms with Crippen molar-refractivity contribution in [2.24, 2.45) is 28.6 Å². The molecule has 7 atom stereocenters. The van der Waals surface area contributed by atoms with Gasteiger partial charge in [0.05, 0.1) is 11.7 Å². The zero-order chi connectivity index (χ0) is 20.2. The van der Waals surface area contributed by atoms with Gasteiger partial charge < -0.3 is 9.84 Å². The minimum Gasteiger partial charge on any atom is -0.458 e. The molecule has 0 heterocycles. The summed E-state index contributed by atoms with van der Waals surface area (Å²) >= 11 is 0. The fraction of sp³-hybridized carbons (Fsp3) is 0.654. The lowest BCUT2D eigenvalue weighted by Crippen LogP contribution is -2.51. The highest BCUT2D eigenvalue weighted by Gasteiger charge is 2.59. The third kappa shape index (κ3) is 3.00. The van der Waals surface area contributed by atoms with Gasteiger partial charge in [-0.2, -0.15) is 0 Å². The van der Waals surface area contributed by atoms with Crippen LogP contribution in [0, 0.1) is 28.6 Å². The molecule has 3 nitrogen and oxygen atoms in total. The van der Waals surface area contributed by atoms with E-state index in [0.717, 1.165) is 44.4 Å². The molecule has 0 radical (unpaired) electrons. The second-order valence-corrected chi connectivity index (χ2v) is 10.5. The SMILES string of the molecule is C[C@]12CC[C@H]3[C@@H](CC=C4C[C@H](O)CC[C@@]43C)[C@@H]1CC[C@@H]2OC(=O)c1ccccc1. The van der Waals surface area contributed by atoms with Gasteiger partial charge >= 0.3 is 5.97 Å². The molecular formula is C26H34O3. The lowest BCUT2D eigenvalue weighted by atomic mass is 9.48. The van der Waals surface area contributed by atoms with E-state index in [2.05, 4.69) is 19.9 Å². The largest absolute Gasteiger partial charge is 0.458 e. The minimum atomic E-state index is -0.168. The lowest BCUT2D eigenvalue weighted by Gasteiger charge is -2.57. The van der Waals surface area contributed by atoms with E-state index < -0.39 is 0 Å². The number of hydrogen-bond acceptors (Lipinski definition) is 3. The maximum Gasteiger partial charge on any atom is 0.338 e. The summed E-state index contributed by atoms with van der Waals surface area (Å²) in [7, 11) is 0. The number of allylic oxidation sites excluding steroid dienone is 1. The third-order valence-corrected chi connectivity index (χ3v) is 9.25. The summed E-state index contributed by atoms with van der Waals surface area (Å²) in [5, 5.41) is 10.2. The Morgan fingerprint density at radius 3 is 2.62 bits per heavy atom. The van der Waals surface area contributed by atoms with Gasteiger partial charge in [0.1, 0.15) is 6.10 Å². The highest BCUT2D eigenvalue weighted by molar-refractivity contribution is 5.89. The minimum absolute atomic E-state index is 0.0347. The van der Waals surface area contributed by atoms with Crippen molar-refractivity contribution in [2.75, 3.05) is 0 Å². The molecule has 156 valence electrons. The van der Waals surface area contributed by atoms with E-state index in [1.54, 1.807) is 0 Å². The number of hydrogen-bond donors (Lipinski definition) is 1. The highest BCUT2D eigenvalue weighted by atomic mass is 16.5. The predicted molar refractivity (Wildman–Crippen MR) is 113 cm³/mol. The highest BCUT2D eigenvalue weighted by Crippen LogP contribution is 2.65. The quantitative estimate of drug-likeness (QED) is 0.529. The number of rotatable bonds is 2. The number of fused-ring (bicyclic) bond motifs is 5. The number of carbonyl (C=O) groups is 1. The smallest absolute Gasteiger partial charge is 0.338 e. The molecule has 0 aliphatic heterocycles. The van der Waals surface area contributed by atoms with Crippen molar-refractivity contribution in [2.45, 2.75) is 77.4 Å². The molecule has 3 saturated carbocycles. The Bertz CT molecular complexity index is 815. The second-order valence-electron chi connectivity index (χ2n) is 10.5. The Labute approximate surface area is 174 Å². The van der Waals surface area contributed by atoms with Crippen molar-refractivity contribution >= 4 is 5.97 Å². The van der Waals surface area contributed by atoms with Crippen LogP contribution in [-0.2, 0) is 4.74 Å². The van der Waals surface area contributed by atoms with Gasteiger partial charge in [0.15, 0.2) is 0 Å². The number of esters is 1. The van der Waals surface area contributed by atoms with Crippen LogP contribution in [0.15, 0.2) is 42.0 Å². The topological polar surface area (TPSA) is 46.5 Å². The third-order valence-electron chi connectivity index (χ3n) is 9.25. The summed E-state index contributed by atoms with van der Waals surface area (Å²) in [4.78, 5) is 12.7. The van der Waals surface area contributed by atoms with E-state index in [9.17, 15) is 9.90 Å². The maximum absolute atomic E-state index is 12.7. The van der Waals surface area contributed by atoms with Gasteiger partial charge in [0.25, 0.3) is 0 Å². The summed E-state index contributed by atoms with van der Waals surface area (Å²) in [5.74, 6) is 1.88. The van der Waals surface area contributed by atoms with Gasteiger partial charge in [-0.15, -0.1) is 0 Å². The van der Waals surface area contributed by atoms with Gasteiger partial charge in [-0.25, -0.2) is 4.79 Å². The van der Waals surface area contributed by atoms with E-state index >= 15 is 0 Å². The van der Waals surface area contributed by atoms with E-state index in [1.807, 2.05) is 30.3 Å². The first-order valence-corrected chi connectivity index (χ1v) is 11.6. The number of aliphatic hydroxyl groups excluding tert-OH is 1. The fourth-order valence-electron chi connectivity index (χ4n) is 7.56. The van der Waals surface area contributed by atoms with Crippen LogP contribution in [0.2, 0.25) is 0 Å². The molecular weight excluding hydrogens is 360 g/mol. The summed E-state index contributed by atoms with van der Waals surface area (Å²) in [6.45, 7) is 4.85. The summed E-state index contributed by atoms with van der Waals surface area (Å²) in [6, 6.07) is 9.42. The van der Waals surface area contributed by atoms with Crippen LogP contribution in [0.4, 0.5) is 0 Å². The van der Waals surface area contributed by atoms with E-state index in [0.29, 0.717) is 17.4 Å². The Kier molecular flexibility index (Phi) is 4.66. The molecule has 1 aromatic rings. The zero-order valence-electron chi connectivity index (χ0n) is 17.8. The average Bonchev–Trinajstić information content (AvgIpc) is 3.05. The number of aliphatic hydroxyl groups is 1. The normalized spacial score (nSPS) is 43.6. The molecule has 5 rings (SSSR count). The molecule has 4 aliphatic rings. The first-order chi connectivity index (χ1) is 13.9. The standard InChI is InChI=1S/C26H34O3/c1-25-14-12-19(27)16-18(25)8-9-20-21-10-11-23(26(21,2)15-13-22(20)25)29-24(28)17-6-4-3-5-7-17/h3-8,19-23,27H,9-16H2,1-2H3/t19-,20+,21+,22+,23+,25+,26+/m1/s1. The Morgan fingerprint density at radius 1 is 1.03 bits per heavy atom. The monoisotopic (exact) mass is 394 g/mol. The molecule has 0 amide bonds. The summed E-state index contributed by atoms with van der Waals surface area (Å²) in [5.41, 5.74) is 2.54. The Balaban J connectivity index is 1.36. The van der Waals surface area contributed by atoms with E-state index in [1.165, 1.54) is 18.4 Å². The van der Waals surface area contributed by atoms with Crippen LogP contribution < -0.4 is 0 Å². The van der Waals surface area contributed by atoms with Gasteiger partial charge in [-0.3, -0.25) is 0 Å². The number of ether oxygens (including phenoxy) is 1. The lowest BCUT2D eigenvalue weighted by molar-refractivity contribution is -0.0778. The van der Waals surface area contributed by atoms with Crippen LogP contribution in [-0.4, -0.2) is 23.3 Å². The summed E-state index contributed by atoms with van der Waals surface area (Å²) < 4.78 is 6.11. The molecule has 1 aromatic carbocycles. The second kappa shape index (κ2) is 6.97. The Hall–Kier alpha value is -1.61. The van der Waals surface area contributed by atoms with Gasteiger partial charge in [-0.1, -0.05) is 43.7 Å². The van der Waals surface area contributed by atoms with Crippen molar-refractivity contribution < 1.29 is 14.6 Å². The van der Waals surface area contributed by atoms with Gasteiger partial charge in [0, 0.05) is 5.41 Å². The van der Waals surface area contributed by atoms with Gasteiger partial charge in [-0.05, 0) is 86.7 Å². The number of benzene rings is 1. The molecule has 4 aliphatic carbocycles. The van der Waals surface area contributed by atoms with Crippen molar-refractivity contribution in [3.05, 3.63) is 47.5 Å². The average molecular weight is 395 g/mol. The Morgan fingerprint density at radius 2 is 1.83 bits per heavy atom.